The fourth-order valence-corrected chi connectivity index (χ4v) is 1.94. The predicted octanol–water partition coefficient (Wildman–Crippen LogP) is 1.64. The van der Waals surface area contributed by atoms with Crippen LogP contribution < -0.4 is 4.74 Å². The van der Waals surface area contributed by atoms with E-state index in [9.17, 15) is 14.0 Å². The third kappa shape index (κ3) is 3.06. The summed E-state index contributed by atoms with van der Waals surface area (Å²) in [5.74, 6) is -0.461. The maximum atomic E-state index is 13.1. The average molecular weight is 251 g/mol. The lowest BCUT2D eigenvalue weighted by Crippen LogP contribution is -2.32. The Morgan fingerprint density at radius 3 is 2.72 bits per heavy atom. The van der Waals surface area contributed by atoms with Gasteiger partial charge in [-0.1, -0.05) is 0 Å². The van der Waals surface area contributed by atoms with Crippen LogP contribution in [0, 0.1) is 5.82 Å². The van der Waals surface area contributed by atoms with Crippen LogP contribution in [-0.4, -0.2) is 36.8 Å². The van der Waals surface area contributed by atoms with Gasteiger partial charge in [0.2, 0.25) is 0 Å². The quantitative estimate of drug-likeness (QED) is 0.764. The maximum Gasteiger partial charge on any atom is 0.260 e. The van der Waals surface area contributed by atoms with Gasteiger partial charge in [0.15, 0.2) is 6.61 Å². The second kappa shape index (κ2) is 5.62. The first-order chi connectivity index (χ1) is 8.69. The van der Waals surface area contributed by atoms with Gasteiger partial charge in [0, 0.05) is 24.7 Å². The van der Waals surface area contributed by atoms with Crippen LogP contribution in [0.3, 0.4) is 0 Å². The molecule has 1 aromatic carbocycles. The summed E-state index contributed by atoms with van der Waals surface area (Å²) in [6, 6.07) is 3.68. The van der Waals surface area contributed by atoms with Crippen molar-refractivity contribution in [3.8, 4) is 5.75 Å². The number of benzene rings is 1. The van der Waals surface area contributed by atoms with Gasteiger partial charge in [0.25, 0.3) is 5.91 Å². The van der Waals surface area contributed by atoms with Crippen LogP contribution in [0.1, 0.15) is 23.2 Å². The molecule has 0 aromatic heterocycles. The third-order valence-electron chi connectivity index (χ3n) is 2.85. The van der Waals surface area contributed by atoms with Crippen molar-refractivity contribution in [1.82, 2.24) is 4.90 Å². The van der Waals surface area contributed by atoms with Gasteiger partial charge < -0.3 is 9.64 Å². The summed E-state index contributed by atoms with van der Waals surface area (Å²) in [5.41, 5.74) is 0.193. The lowest BCUT2D eigenvalue weighted by atomic mass is 10.2. The molecule has 1 aromatic rings. The zero-order chi connectivity index (χ0) is 13.0. The van der Waals surface area contributed by atoms with Crippen LogP contribution in [0.2, 0.25) is 0 Å². The van der Waals surface area contributed by atoms with E-state index in [1.807, 2.05) is 0 Å². The van der Waals surface area contributed by atoms with E-state index in [1.54, 1.807) is 4.90 Å². The molecule has 1 saturated heterocycles. The van der Waals surface area contributed by atoms with Gasteiger partial charge in [-0.05, 0) is 25.0 Å². The van der Waals surface area contributed by atoms with Gasteiger partial charge in [-0.15, -0.1) is 0 Å². The zero-order valence-electron chi connectivity index (χ0n) is 9.89. The number of halogens is 1. The number of amides is 1. The molecule has 2 rings (SSSR count). The Labute approximate surface area is 104 Å². The normalized spacial score (nSPS) is 14.6. The summed E-state index contributed by atoms with van der Waals surface area (Å²) in [6.45, 7) is 1.39. The van der Waals surface area contributed by atoms with Crippen LogP contribution >= 0.6 is 0 Å². The molecule has 0 aliphatic carbocycles. The van der Waals surface area contributed by atoms with Gasteiger partial charge >= 0.3 is 0 Å². The summed E-state index contributed by atoms with van der Waals surface area (Å²) >= 11 is 0. The van der Waals surface area contributed by atoms with Crippen molar-refractivity contribution >= 4 is 12.2 Å². The maximum absolute atomic E-state index is 13.1. The summed E-state index contributed by atoms with van der Waals surface area (Å²) in [7, 11) is 0. The molecule has 0 spiro atoms. The highest BCUT2D eigenvalue weighted by Crippen LogP contribution is 2.16. The minimum absolute atomic E-state index is 0.107. The number of hydrogen-bond acceptors (Lipinski definition) is 3. The average Bonchev–Trinajstić information content (AvgIpc) is 2.89. The number of carbonyl (C=O) groups is 2. The van der Waals surface area contributed by atoms with Crippen molar-refractivity contribution in [2.45, 2.75) is 12.8 Å². The van der Waals surface area contributed by atoms with Crippen LogP contribution in [-0.2, 0) is 4.79 Å². The Morgan fingerprint density at radius 1 is 1.33 bits per heavy atom. The van der Waals surface area contributed by atoms with E-state index in [1.165, 1.54) is 6.07 Å². The Kier molecular flexibility index (Phi) is 3.92. The standard InChI is InChI=1S/C13H14FNO3/c14-11-5-10(8-16)6-12(7-11)18-9-13(17)15-3-1-2-4-15/h5-8H,1-4,9H2. The lowest BCUT2D eigenvalue weighted by molar-refractivity contribution is -0.132. The molecule has 1 amide bonds. The minimum atomic E-state index is -0.553. The summed E-state index contributed by atoms with van der Waals surface area (Å²) < 4.78 is 18.3. The van der Waals surface area contributed by atoms with Gasteiger partial charge in [-0.3, -0.25) is 9.59 Å². The van der Waals surface area contributed by atoms with Crippen LogP contribution in [0.15, 0.2) is 18.2 Å². The molecule has 0 saturated carbocycles. The molecule has 0 radical (unpaired) electrons. The molecule has 1 heterocycles. The first kappa shape index (κ1) is 12.5. The summed E-state index contributed by atoms with van der Waals surface area (Å²) in [6.07, 6.45) is 2.57. The first-order valence-corrected chi connectivity index (χ1v) is 5.85. The number of carbonyl (C=O) groups excluding carboxylic acids is 2. The minimum Gasteiger partial charge on any atom is -0.484 e. The molecule has 1 fully saturated rings. The SMILES string of the molecule is O=Cc1cc(F)cc(OCC(=O)N2CCCC2)c1. The molecular formula is C13H14FNO3. The van der Waals surface area contributed by atoms with Crippen LogP contribution in [0.4, 0.5) is 4.39 Å². The molecule has 0 N–H and O–H groups in total. The number of rotatable bonds is 4. The molecule has 1 aliphatic heterocycles. The smallest absolute Gasteiger partial charge is 0.260 e. The van der Waals surface area contributed by atoms with Crippen LogP contribution in [0.5, 0.6) is 5.75 Å². The second-order valence-electron chi connectivity index (χ2n) is 4.21. The van der Waals surface area contributed by atoms with Crippen molar-refractivity contribution in [3.05, 3.63) is 29.6 Å². The first-order valence-electron chi connectivity index (χ1n) is 5.85. The molecule has 0 atom stereocenters. The molecular weight excluding hydrogens is 237 g/mol. The van der Waals surface area contributed by atoms with Gasteiger partial charge in [0.1, 0.15) is 17.9 Å². The molecule has 0 unspecified atom stereocenters. The number of aldehydes is 1. The third-order valence-corrected chi connectivity index (χ3v) is 2.85. The highest BCUT2D eigenvalue weighted by Gasteiger charge is 2.18. The fraction of sp³-hybridized carbons (Fsp3) is 0.385. The van der Waals surface area contributed by atoms with Crippen molar-refractivity contribution < 1.29 is 18.7 Å². The van der Waals surface area contributed by atoms with Gasteiger partial charge in [-0.2, -0.15) is 0 Å². The van der Waals surface area contributed by atoms with E-state index >= 15 is 0 Å². The van der Waals surface area contributed by atoms with E-state index in [-0.39, 0.29) is 23.8 Å². The van der Waals surface area contributed by atoms with Gasteiger partial charge in [0.05, 0.1) is 0 Å². The Morgan fingerprint density at radius 2 is 2.06 bits per heavy atom. The van der Waals surface area contributed by atoms with Crippen LogP contribution in [0.25, 0.3) is 0 Å². The Bertz CT molecular complexity index is 456. The largest absolute Gasteiger partial charge is 0.484 e. The van der Waals surface area contributed by atoms with Crippen molar-refractivity contribution in [2.24, 2.45) is 0 Å². The fourth-order valence-electron chi connectivity index (χ4n) is 1.94. The molecule has 5 heteroatoms. The number of likely N-dealkylation sites (tertiary alicyclic amines) is 1. The summed E-state index contributed by atoms with van der Waals surface area (Å²) in [4.78, 5) is 24.0. The Balaban J connectivity index is 1.94. The predicted molar refractivity (Wildman–Crippen MR) is 63.1 cm³/mol. The molecule has 4 nitrogen and oxygen atoms in total. The zero-order valence-corrected chi connectivity index (χ0v) is 9.89. The van der Waals surface area contributed by atoms with Crippen molar-refractivity contribution in [3.63, 3.8) is 0 Å². The van der Waals surface area contributed by atoms with E-state index in [2.05, 4.69) is 0 Å². The number of hydrogen-bond donors (Lipinski definition) is 0. The molecule has 18 heavy (non-hydrogen) atoms. The van der Waals surface area contributed by atoms with Gasteiger partial charge in [-0.25, -0.2) is 4.39 Å². The van der Waals surface area contributed by atoms with Crippen molar-refractivity contribution in [1.29, 1.82) is 0 Å². The lowest BCUT2D eigenvalue weighted by Gasteiger charge is -2.15. The highest BCUT2D eigenvalue weighted by atomic mass is 19.1. The number of nitrogens with zero attached hydrogens (tertiary/aromatic N) is 1. The Hall–Kier alpha value is -1.91. The van der Waals surface area contributed by atoms with E-state index < -0.39 is 5.82 Å². The van der Waals surface area contributed by atoms with Crippen molar-refractivity contribution in [2.75, 3.05) is 19.7 Å². The second-order valence-corrected chi connectivity index (χ2v) is 4.21. The molecule has 96 valence electrons. The molecule has 0 bridgehead atoms. The van der Waals surface area contributed by atoms with E-state index in [0.717, 1.165) is 38.1 Å². The summed E-state index contributed by atoms with van der Waals surface area (Å²) in [5, 5.41) is 0. The van der Waals surface area contributed by atoms with E-state index in [0.29, 0.717) is 6.29 Å². The number of ether oxygens (including phenoxy) is 1. The van der Waals surface area contributed by atoms with E-state index in [4.69, 9.17) is 4.74 Å². The molecule has 1 aliphatic rings. The highest BCUT2D eigenvalue weighted by molar-refractivity contribution is 5.78. The topological polar surface area (TPSA) is 46.6 Å². The monoisotopic (exact) mass is 251 g/mol.